The summed E-state index contributed by atoms with van der Waals surface area (Å²) < 4.78 is 80.2. The van der Waals surface area contributed by atoms with Crippen LogP contribution in [0.5, 0.6) is 29.0 Å². The molecule has 0 radical (unpaired) electrons. The summed E-state index contributed by atoms with van der Waals surface area (Å²) >= 11 is 0. The van der Waals surface area contributed by atoms with E-state index in [0.29, 0.717) is 0 Å². The van der Waals surface area contributed by atoms with E-state index < -0.39 is 41.1 Å². The molecule has 5 nitrogen and oxygen atoms in total. The summed E-state index contributed by atoms with van der Waals surface area (Å²) in [4.78, 5) is 3.64. The Morgan fingerprint density at radius 1 is 0.867 bits per heavy atom. The van der Waals surface area contributed by atoms with Gasteiger partial charge in [0.25, 0.3) is 11.8 Å². The third kappa shape index (κ3) is 4.94. The Morgan fingerprint density at radius 2 is 1.40 bits per heavy atom. The molecule has 0 atom stereocenters. The number of aromatic nitrogens is 1. The molecule has 0 unspecified atom stereocenters. The van der Waals surface area contributed by atoms with Crippen LogP contribution >= 0.6 is 0 Å². The Morgan fingerprint density at radius 3 is 1.97 bits per heavy atom. The minimum Gasteiger partial charge on any atom is -0.436 e. The normalized spacial score (nSPS) is 11.0. The lowest BCUT2D eigenvalue weighted by molar-refractivity contribution is -0.274. The zero-order valence-corrected chi connectivity index (χ0v) is 15.1. The molecular weight excluding hydrogens is 411 g/mol. The maximum absolute atomic E-state index is 14.4. The number of nitriles is 1. The maximum atomic E-state index is 14.4. The first-order valence-electron chi connectivity index (χ1n) is 8.23. The van der Waals surface area contributed by atoms with Gasteiger partial charge in [0.05, 0.1) is 11.6 Å². The second-order valence-corrected chi connectivity index (χ2v) is 5.84. The molecule has 1 aromatic heterocycles. The third-order valence-electron chi connectivity index (χ3n) is 3.67. The smallest absolute Gasteiger partial charge is 0.436 e. The molecule has 3 rings (SSSR count). The highest BCUT2D eigenvalue weighted by atomic mass is 19.4. The number of pyridine rings is 1. The molecule has 10 heteroatoms. The Bertz CT molecular complexity index is 1130. The van der Waals surface area contributed by atoms with Crippen molar-refractivity contribution in [3.05, 3.63) is 71.3 Å². The van der Waals surface area contributed by atoms with Gasteiger partial charge in [-0.1, -0.05) is 12.1 Å². The van der Waals surface area contributed by atoms with Gasteiger partial charge in [-0.15, -0.1) is 13.2 Å². The van der Waals surface area contributed by atoms with Gasteiger partial charge in [-0.25, -0.2) is 8.78 Å². The van der Waals surface area contributed by atoms with Gasteiger partial charge in [-0.2, -0.15) is 10.2 Å². The SMILES string of the molecule is Cc1c(F)c(Oc2cccc(C#N)c2)nc(Oc2cccc(OC(F)(F)F)c2)c1F. The standard InChI is InChI=1S/C20H11F5N2O3/c1-11-16(21)18(28-13-5-2-4-12(8-13)10-26)27-19(17(11)22)29-14-6-3-7-15(9-14)30-20(23,24)25/h2-9H,1H3. The van der Waals surface area contributed by atoms with Crippen molar-refractivity contribution < 1.29 is 36.2 Å². The van der Waals surface area contributed by atoms with Gasteiger partial charge in [-0.05, 0) is 37.3 Å². The molecule has 1 heterocycles. The second-order valence-electron chi connectivity index (χ2n) is 5.84. The Hall–Kier alpha value is -3.87. The van der Waals surface area contributed by atoms with E-state index >= 15 is 0 Å². The molecule has 154 valence electrons. The van der Waals surface area contributed by atoms with Crippen molar-refractivity contribution in [2.24, 2.45) is 0 Å². The molecule has 0 amide bonds. The number of halogens is 5. The molecule has 0 N–H and O–H groups in total. The number of nitrogens with zero attached hydrogens (tertiary/aromatic N) is 2. The molecule has 0 saturated carbocycles. The number of rotatable bonds is 5. The average molecular weight is 422 g/mol. The van der Waals surface area contributed by atoms with Crippen molar-refractivity contribution >= 4 is 0 Å². The van der Waals surface area contributed by atoms with E-state index in [-0.39, 0.29) is 17.1 Å². The number of ether oxygens (including phenoxy) is 3. The van der Waals surface area contributed by atoms with Gasteiger partial charge in [0.1, 0.15) is 17.2 Å². The van der Waals surface area contributed by atoms with Crippen LogP contribution in [0.25, 0.3) is 0 Å². The number of benzene rings is 2. The predicted molar refractivity (Wildman–Crippen MR) is 93.3 cm³/mol. The van der Waals surface area contributed by atoms with E-state index in [1.54, 1.807) is 0 Å². The molecule has 0 bridgehead atoms. The minimum absolute atomic E-state index is 0.0676. The van der Waals surface area contributed by atoms with Gasteiger partial charge < -0.3 is 14.2 Å². The highest BCUT2D eigenvalue weighted by molar-refractivity contribution is 5.41. The molecular formula is C20H11F5N2O3. The van der Waals surface area contributed by atoms with Crippen LogP contribution in [-0.2, 0) is 0 Å². The van der Waals surface area contributed by atoms with Crippen molar-refractivity contribution in [3.8, 4) is 35.1 Å². The van der Waals surface area contributed by atoms with Crippen molar-refractivity contribution in [1.29, 1.82) is 5.26 Å². The minimum atomic E-state index is -4.92. The molecule has 0 fully saturated rings. The van der Waals surface area contributed by atoms with Gasteiger partial charge in [0.2, 0.25) is 0 Å². The fourth-order valence-electron chi connectivity index (χ4n) is 2.33. The largest absolute Gasteiger partial charge is 0.573 e. The summed E-state index contributed by atoms with van der Waals surface area (Å²) in [6.45, 7) is 1.11. The quantitative estimate of drug-likeness (QED) is 0.470. The van der Waals surface area contributed by atoms with Crippen molar-refractivity contribution in [2.75, 3.05) is 0 Å². The first-order valence-corrected chi connectivity index (χ1v) is 8.23. The lowest BCUT2D eigenvalue weighted by Gasteiger charge is -2.13. The Labute approximate surface area is 166 Å². The first-order chi connectivity index (χ1) is 14.2. The van der Waals surface area contributed by atoms with Gasteiger partial charge in [0.15, 0.2) is 11.6 Å². The van der Waals surface area contributed by atoms with Crippen LogP contribution in [0.3, 0.4) is 0 Å². The molecule has 0 saturated heterocycles. The zero-order valence-electron chi connectivity index (χ0n) is 15.1. The number of hydrogen-bond donors (Lipinski definition) is 0. The summed E-state index contributed by atoms with van der Waals surface area (Å²) in [6, 6.07) is 11.9. The summed E-state index contributed by atoms with van der Waals surface area (Å²) in [5, 5.41) is 8.92. The van der Waals surface area contributed by atoms with Crippen molar-refractivity contribution in [3.63, 3.8) is 0 Å². The van der Waals surface area contributed by atoms with Crippen LogP contribution in [-0.4, -0.2) is 11.3 Å². The van der Waals surface area contributed by atoms with Gasteiger partial charge in [0, 0.05) is 11.6 Å². The first kappa shape index (κ1) is 20.9. The van der Waals surface area contributed by atoms with Crippen molar-refractivity contribution in [2.45, 2.75) is 13.3 Å². The fourth-order valence-corrected chi connectivity index (χ4v) is 2.33. The van der Waals surface area contributed by atoms with E-state index in [1.165, 1.54) is 36.4 Å². The Balaban J connectivity index is 1.92. The van der Waals surface area contributed by atoms with Crippen LogP contribution in [0.4, 0.5) is 22.0 Å². The van der Waals surface area contributed by atoms with E-state index in [0.717, 1.165) is 19.1 Å². The second kappa shape index (κ2) is 8.24. The van der Waals surface area contributed by atoms with E-state index in [1.807, 2.05) is 6.07 Å². The highest BCUT2D eigenvalue weighted by Crippen LogP contribution is 2.34. The fraction of sp³-hybridized carbons (Fsp3) is 0.100. The molecule has 2 aromatic carbocycles. The summed E-state index contributed by atoms with van der Waals surface area (Å²) in [6.07, 6.45) is -4.92. The van der Waals surface area contributed by atoms with Crippen LogP contribution in [0.2, 0.25) is 0 Å². The monoisotopic (exact) mass is 422 g/mol. The highest BCUT2D eigenvalue weighted by Gasteiger charge is 2.31. The number of hydrogen-bond acceptors (Lipinski definition) is 5. The zero-order chi connectivity index (χ0) is 21.9. The van der Waals surface area contributed by atoms with E-state index in [9.17, 15) is 22.0 Å². The van der Waals surface area contributed by atoms with Crippen LogP contribution < -0.4 is 14.2 Å². The maximum Gasteiger partial charge on any atom is 0.573 e. The van der Waals surface area contributed by atoms with Gasteiger partial charge in [-0.3, -0.25) is 0 Å². The van der Waals surface area contributed by atoms with E-state index in [4.69, 9.17) is 14.7 Å². The molecule has 30 heavy (non-hydrogen) atoms. The number of alkyl halides is 3. The van der Waals surface area contributed by atoms with Gasteiger partial charge >= 0.3 is 6.36 Å². The molecule has 0 aliphatic carbocycles. The topological polar surface area (TPSA) is 64.4 Å². The van der Waals surface area contributed by atoms with Crippen LogP contribution in [0.1, 0.15) is 11.1 Å². The molecule has 0 spiro atoms. The molecule has 0 aliphatic rings. The average Bonchev–Trinajstić information content (AvgIpc) is 2.69. The lowest BCUT2D eigenvalue weighted by Crippen LogP contribution is -2.17. The van der Waals surface area contributed by atoms with Crippen LogP contribution in [0.15, 0.2) is 48.5 Å². The predicted octanol–water partition coefficient (Wildman–Crippen LogP) is 6.02. The summed E-state index contributed by atoms with van der Waals surface area (Å²) in [7, 11) is 0. The summed E-state index contributed by atoms with van der Waals surface area (Å²) in [5.74, 6) is -4.37. The lowest BCUT2D eigenvalue weighted by atomic mass is 10.2. The van der Waals surface area contributed by atoms with Crippen molar-refractivity contribution in [1.82, 2.24) is 4.98 Å². The third-order valence-corrected chi connectivity index (χ3v) is 3.67. The molecule has 0 aliphatic heterocycles. The molecule has 3 aromatic rings. The summed E-state index contributed by atoms with van der Waals surface area (Å²) in [5.41, 5.74) is -0.237. The van der Waals surface area contributed by atoms with E-state index in [2.05, 4.69) is 9.72 Å². The Kier molecular flexibility index (Phi) is 5.73. The van der Waals surface area contributed by atoms with Crippen LogP contribution in [0, 0.1) is 29.9 Å².